The molecule has 1 saturated carbocycles. The van der Waals surface area contributed by atoms with Gasteiger partial charge in [-0.3, -0.25) is 9.59 Å². The zero-order valence-corrected chi connectivity index (χ0v) is 14.3. The smallest absolute Gasteiger partial charge is 0.343 e. The van der Waals surface area contributed by atoms with Crippen LogP contribution in [0.2, 0.25) is 0 Å². The van der Waals surface area contributed by atoms with E-state index in [-0.39, 0.29) is 22.5 Å². The maximum atomic E-state index is 15.1. The molecule has 27 heavy (non-hydrogen) atoms. The first-order valence-corrected chi connectivity index (χ1v) is 8.05. The number of halogens is 2. The second kappa shape index (κ2) is 7.15. The fourth-order valence-electron chi connectivity index (χ4n) is 2.85. The number of fused-ring (bicyclic) bond motifs is 1. The molecule has 1 aliphatic carbocycles. The van der Waals surface area contributed by atoms with Gasteiger partial charge in [-0.2, -0.15) is 5.26 Å². The first-order valence-electron chi connectivity index (χ1n) is 8.05. The van der Waals surface area contributed by atoms with Crippen molar-refractivity contribution in [3.8, 4) is 6.07 Å². The summed E-state index contributed by atoms with van der Waals surface area (Å²) < 4.78 is 40.0. The molecule has 0 saturated heterocycles. The van der Waals surface area contributed by atoms with Crippen LogP contribution in [0.4, 0.5) is 8.78 Å². The van der Waals surface area contributed by atoms with Crippen molar-refractivity contribution in [2.45, 2.75) is 25.3 Å². The van der Waals surface area contributed by atoms with Crippen molar-refractivity contribution in [2.24, 2.45) is 0 Å². The number of methoxy groups -OCH3 is 1. The van der Waals surface area contributed by atoms with Crippen molar-refractivity contribution in [2.75, 3.05) is 13.7 Å². The van der Waals surface area contributed by atoms with Gasteiger partial charge in [0, 0.05) is 17.8 Å². The molecular weight excluding hydrogens is 362 g/mol. The number of hydrogen-bond acceptors (Lipinski definition) is 6. The van der Waals surface area contributed by atoms with Gasteiger partial charge in [0.1, 0.15) is 17.4 Å². The fraction of sp³-hybridized carbons (Fsp3) is 0.333. The number of nitrogens with zero attached hydrogens (tertiary/aromatic N) is 2. The van der Waals surface area contributed by atoms with E-state index in [9.17, 15) is 18.8 Å². The molecule has 2 aromatic rings. The summed E-state index contributed by atoms with van der Waals surface area (Å²) in [7, 11) is 1.10. The summed E-state index contributed by atoms with van der Waals surface area (Å²) in [5.74, 6) is -4.06. The molecular formula is C18H14F2N2O5. The predicted molar refractivity (Wildman–Crippen MR) is 88.0 cm³/mol. The summed E-state index contributed by atoms with van der Waals surface area (Å²) in [6.45, 7) is -0.537. The van der Waals surface area contributed by atoms with Gasteiger partial charge in [0.15, 0.2) is 12.4 Å². The van der Waals surface area contributed by atoms with Crippen LogP contribution in [0.1, 0.15) is 34.8 Å². The van der Waals surface area contributed by atoms with Gasteiger partial charge in [-0.15, -0.1) is 0 Å². The number of carbonyl (C=O) groups excluding carboxylic acids is 2. The summed E-state index contributed by atoms with van der Waals surface area (Å²) in [5, 5.41) is 8.10. The van der Waals surface area contributed by atoms with E-state index in [0.717, 1.165) is 13.2 Å². The van der Waals surface area contributed by atoms with Gasteiger partial charge < -0.3 is 14.0 Å². The van der Waals surface area contributed by atoms with Crippen LogP contribution in [0.25, 0.3) is 10.9 Å². The molecule has 9 heteroatoms. The third kappa shape index (κ3) is 3.38. The number of carbonyl (C=O) groups is 2. The van der Waals surface area contributed by atoms with E-state index in [2.05, 4.69) is 9.47 Å². The Labute approximate surface area is 151 Å². The summed E-state index contributed by atoms with van der Waals surface area (Å²) in [5.41, 5.74) is -1.92. The van der Waals surface area contributed by atoms with Crippen molar-refractivity contribution in [1.29, 1.82) is 5.26 Å². The highest BCUT2D eigenvalue weighted by atomic mass is 19.1. The highest BCUT2D eigenvalue weighted by Gasteiger charge is 2.30. The zero-order valence-electron chi connectivity index (χ0n) is 14.3. The molecule has 7 nitrogen and oxygen atoms in total. The van der Waals surface area contributed by atoms with Gasteiger partial charge in [0.05, 0.1) is 24.4 Å². The van der Waals surface area contributed by atoms with Gasteiger partial charge in [-0.25, -0.2) is 13.6 Å². The average molecular weight is 376 g/mol. The lowest BCUT2D eigenvalue weighted by Crippen LogP contribution is -2.22. The zero-order chi connectivity index (χ0) is 19.7. The molecule has 1 aromatic heterocycles. The van der Waals surface area contributed by atoms with Crippen LogP contribution in [0.3, 0.4) is 0 Å². The Hall–Kier alpha value is -3.28. The molecule has 1 aliphatic rings. The number of ether oxygens (including phenoxy) is 2. The molecule has 0 bridgehead atoms. The van der Waals surface area contributed by atoms with Crippen LogP contribution < -0.4 is 5.43 Å². The summed E-state index contributed by atoms with van der Waals surface area (Å²) in [6.07, 6.45) is 1.88. The van der Waals surface area contributed by atoms with Gasteiger partial charge in [0.2, 0.25) is 5.43 Å². The largest absolute Gasteiger partial charge is 0.465 e. The quantitative estimate of drug-likeness (QED) is 0.741. The molecule has 3 rings (SSSR count). The highest BCUT2D eigenvalue weighted by molar-refractivity contribution is 5.94. The number of pyridine rings is 1. The molecule has 1 aromatic carbocycles. The molecule has 0 atom stereocenters. The standard InChI is InChI=1S/C18H14F2N2O5/c1-26-18(25)12-8-22(9-2-3-9)16-11(17(12)24)6-13(19)10(15(16)20)7-14(23)27-5-4-21/h6,8-9H,2-3,5,7H2,1H3. The van der Waals surface area contributed by atoms with Gasteiger partial charge >= 0.3 is 11.9 Å². The Morgan fingerprint density at radius 2 is 2.07 bits per heavy atom. The maximum Gasteiger partial charge on any atom is 0.343 e. The lowest BCUT2D eigenvalue weighted by molar-refractivity contribution is -0.141. The Morgan fingerprint density at radius 1 is 1.37 bits per heavy atom. The SMILES string of the molecule is COC(=O)c1cn(C2CC2)c2c(F)c(CC(=O)OCC#N)c(F)cc2c1=O. The maximum absolute atomic E-state index is 15.1. The Kier molecular flexibility index (Phi) is 4.90. The van der Waals surface area contributed by atoms with Crippen molar-refractivity contribution in [3.63, 3.8) is 0 Å². The summed E-state index contributed by atoms with van der Waals surface area (Å²) in [4.78, 5) is 36.0. The number of esters is 2. The van der Waals surface area contributed by atoms with E-state index in [1.165, 1.54) is 10.8 Å². The van der Waals surface area contributed by atoms with E-state index in [1.54, 1.807) is 6.07 Å². The third-order valence-electron chi connectivity index (χ3n) is 4.27. The molecule has 1 heterocycles. The Morgan fingerprint density at radius 3 is 2.67 bits per heavy atom. The highest BCUT2D eigenvalue weighted by Crippen LogP contribution is 2.38. The molecule has 0 aliphatic heterocycles. The summed E-state index contributed by atoms with van der Waals surface area (Å²) in [6, 6.07) is 2.25. The monoisotopic (exact) mass is 376 g/mol. The minimum Gasteiger partial charge on any atom is -0.465 e. The molecule has 0 unspecified atom stereocenters. The molecule has 0 spiro atoms. The van der Waals surface area contributed by atoms with Gasteiger partial charge in [-0.05, 0) is 18.9 Å². The fourth-order valence-corrected chi connectivity index (χ4v) is 2.85. The minimum absolute atomic E-state index is 0.144. The Bertz CT molecular complexity index is 1050. The molecule has 0 radical (unpaired) electrons. The van der Waals surface area contributed by atoms with Crippen LogP contribution in [0, 0.1) is 23.0 Å². The topological polar surface area (TPSA) is 98.4 Å². The van der Waals surface area contributed by atoms with Crippen molar-refractivity contribution >= 4 is 22.8 Å². The predicted octanol–water partition coefficient (Wildman–Crippen LogP) is 2.01. The van der Waals surface area contributed by atoms with Crippen LogP contribution in [-0.4, -0.2) is 30.2 Å². The number of aromatic nitrogens is 1. The van der Waals surface area contributed by atoms with E-state index >= 15 is 4.39 Å². The van der Waals surface area contributed by atoms with Gasteiger partial charge in [0.25, 0.3) is 0 Å². The second-order valence-electron chi connectivity index (χ2n) is 6.04. The summed E-state index contributed by atoms with van der Waals surface area (Å²) >= 11 is 0. The lowest BCUT2D eigenvalue weighted by Gasteiger charge is -2.15. The normalized spacial score (nSPS) is 13.3. The van der Waals surface area contributed by atoms with Crippen LogP contribution >= 0.6 is 0 Å². The molecule has 140 valence electrons. The number of benzene rings is 1. The lowest BCUT2D eigenvalue weighted by atomic mass is 10.0. The average Bonchev–Trinajstić information content (AvgIpc) is 3.48. The van der Waals surface area contributed by atoms with Crippen LogP contribution in [-0.2, 0) is 20.7 Å². The second-order valence-corrected chi connectivity index (χ2v) is 6.04. The first kappa shape index (κ1) is 18.5. The molecule has 0 N–H and O–H groups in total. The number of nitriles is 1. The number of rotatable bonds is 5. The van der Waals surface area contributed by atoms with Crippen LogP contribution in [0.15, 0.2) is 17.1 Å². The van der Waals surface area contributed by atoms with E-state index < -0.39 is 47.6 Å². The van der Waals surface area contributed by atoms with Crippen LogP contribution in [0.5, 0.6) is 0 Å². The molecule has 0 amide bonds. The minimum atomic E-state index is -1.12. The molecule has 1 fully saturated rings. The van der Waals surface area contributed by atoms with Crippen molar-refractivity contribution < 1.29 is 27.8 Å². The van der Waals surface area contributed by atoms with Crippen molar-refractivity contribution in [3.05, 3.63) is 45.2 Å². The van der Waals surface area contributed by atoms with E-state index in [4.69, 9.17) is 5.26 Å². The third-order valence-corrected chi connectivity index (χ3v) is 4.27. The Balaban J connectivity index is 2.21. The van der Waals surface area contributed by atoms with E-state index in [1.807, 2.05) is 0 Å². The number of hydrogen-bond donors (Lipinski definition) is 0. The van der Waals surface area contributed by atoms with Crippen molar-refractivity contribution in [1.82, 2.24) is 4.57 Å². The first-order chi connectivity index (χ1) is 12.9. The van der Waals surface area contributed by atoms with Gasteiger partial charge in [-0.1, -0.05) is 0 Å². The van der Waals surface area contributed by atoms with E-state index in [0.29, 0.717) is 12.8 Å².